The van der Waals surface area contributed by atoms with E-state index in [1.165, 1.54) is 0 Å². The Balaban J connectivity index is 1.04. The van der Waals surface area contributed by atoms with E-state index in [1.54, 1.807) is 0 Å². The van der Waals surface area contributed by atoms with Crippen molar-refractivity contribution in [1.29, 1.82) is 0 Å². The smallest absolute Gasteiger partial charge is 0.142 e. The minimum Gasteiger partial charge on any atom is -0.505 e. The molecule has 6 heteroatoms. The first-order valence-corrected chi connectivity index (χ1v) is 18.7. The summed E-state index contributed by atoms with van der Waals surface area (Å²) >= 11 is 0. The van der Waals surface area contributed by atoms with Gasteiger partial charge in [-0.15, -0.1) is 0 Å². The van der Waals surface area contributed by atoms with Gasteiger partial charge in [-0.05, 0) is 97.5 Å². The summed E-state index contributed by atoms with van der Waals surface area (Å²) in [6, 6.07) is 48.0. The van der Waals surface area contributed by atoms with Gasteiger partial charge in [0.2, 0.25) is 0 Å². The molecule has 54 heavy (non-hydrogen) atoms. The molecule has 3 aromatic heterocycles. The molecule has 0 atom stereocenters. The van der Waals surface area contributed by atoms with Crippen molar-refractivity contribution in [2.45, 2.75) is 33.2 Å². The zero-order valence-corrected chi connectivity index (χ0v) is 30.6. The van der Waals surface area contributed by atoms with Crippen LogP contribution in [0.5, 0.6) is 11.5 Å². The third kappa shape index (κ3) is 5.95. The van der Waals surface area contributed by atoms with Crippen LogP contribution in [0.4, 0.5) is 0 Å². The van der Waals surface area contributed by atoms with Crippen molar-refractivity contribution in [3.05, 3.63) is 174 Å². The summed E-state index contributed by atoms with van der Waals surface area (Å²) < 4.78 is 4.38. The molecule has 0 aliphatic carbocycles. The highest BCUT2D eigenvalue weighted by atomic mass is 16.3. The van der Waals surface area contributed by atoms with E-state index in [4.69, 9.17) is 0 Å². The Kier molecular flexibility index (Phi) is 8.60. The van der Waals surface area contributed by atoms with Crippen LogP contribution in [0.15, 0.2) is 146 Å². The van der Waals surface area contributed by atoms with Gasteiger partial charge in [0.25, 0.3) is 0 Å². The first-order valence-electron chi connectivity index (χ1n) is 18.7. The van der Waals surface area contributed by atoms with Crippen LogP contribution in [0.2, 0.25) is 0 Å². The van der Waals surface area contributed by atoms with Crippen molar-refractivity contribution in [3.63, 3.8) is 0 Å². The van der Waals surface area contributed by atoms with Gasteiger partial charge in [-0.25, -0.2) is 0 Å². The Labute approximate surface area is 314 Å². The van der Waals surface area contributed by atoms with Gasteiger partial charge >= 0.3 is 0 Å². The lowest BCUT2D eigenvalue weighted by Crippen LogP contribution is -2.28. The fourth-order valence-corrected chi connectivity index (χ4v) is 8.30. The lowest BCUT2D eigenvalue weighted by Gasteiger charge is -2.24. The summed E-state index contributed by atoms with van der Waals surface area (Å²) in [5.41, 5.74) is 10.9. The number of nitrogens with zero attached hydrogens (tertiary/aromatic N) is 4. The number of phenols is 2. The van der Waals surface area contributed by atoms with Crippen molar-refractivity contribution in [3.8, 4) is 22.9 Å². The van der Waals surface area contributed by atoms with Crippen LogP contribution in [0.1, 0.15) is 27.9 Å². The van der Waals surface area contributed by atoms with Crippen LogP contribution < -0.4 is 0 Å². The molecule has 0 saturated carbocycles. The number of aromatic nitrogens is 3. The molecule has 0 amide bonds. The molecule has 6 nitrogen and oxygen atoms in total. The maximum Gasteiger partial charge on any atom is 0.142 e. The van der Waals surface area contributed by atoms with Crippen LogP contribution in [-0.4, -0.2) is 42.3 Å². The SMILES string of the molecule is Cc1cc(CCN(CCc2cc(C)cc(-n3c4ccccc4c4ccccc43)c2O)Cc2ccccn2)c(O)c(-n2c3ccccc3c3ccccc32)c1. The highest BCUT2D eigenvalue weighted by molar-refractivity contribution is 6.10. The minimum atomic E-state index is 0.303. The largest absolute Gasteiger partial charge is 0.505 e. The number of aryl methyl sites for hydroxylation is 2. The number of pyridine rings is 1. The number of rotatable bonds is 10. The maximum atomic E-state index is 12.0. The molecule has 0 aliphatic rings. The monoisotopic (exact) mass is 706 g/mol. The highest BCUT2D eigenvalue weighted by Crippen LogP contribution is 2.39. The van der Waals surface area contributed by atoms with Crippen LogP contribution in [0.25, 0.3) is 55.0 Å². The summed E-state index contributed by atoms with van der Waals surface area (Å²) in [4.78, 5) is 7.04. The fraction of sp³-hybridized carbons (Fsp3) is 0.146. The Hall–Kier alpha value is -6.37. The number of fused-ring (bicyclic) bond motifs is 6. The second-order valence-electron chi connectivity index (χ2n) is 14.4. The van der Waals surface area contributed by atoms with Crippen LogP contribution in [0.3, 0.4) is 0 Å². The molecule has 0 aliphatic heterocycles. The van der Waals surface area contributed by atoms with Crippen molar-refractivity contribution in [2.24, 2.45) is 0 Å². The highest BCUT2D eigenvalue weighted by Gasteiger charge is 2.20. The summed E-state index contributed by atoms with van der Waals surface area (Å²) in [7, 11) is 0. The van der Waals surface area contributed by atoms with Gasteiger partial charge in [-0.1, -0.05) is 91.0 Å². The number of hydrogen-bond acceptors (Lipinski definition) is 4. The Morgan fingerprint density at radius 2 is 0.889 bits per heavy atom. The van der Waals surface area contributed by atoms with Gasteiger partial charge in [0, 0.05) is 47.4 Å². The molecular weight excluding hydrogens is 665 g/mol. The minimum absolute atomic E-state index is 0.303. The van der Waals surface area contributed by atoms with E-state index in [2.05, 4.69) is 160 Å². The molecule has 0 fully saturated rings. The first kappa shape index (κ1) is 33.5. The van der Waals surface area contributed by atoms with Gasteiger partial charge in [0.1, 0.15) is 11.5 Å². The number of phenolic OH excluding ortho intramolecular Hbond substituents is 2. The summed E-state index contributed by atoms with van der Waals surface area (Å²) in [5.74, 6) is 0.606. The number of aromatic hydroxyl groups is 2. The van der Waals surface area contributed by atoms with Gasteiger partial charge in [0.05, 0.1) is 39.1 Å². The van der Waals surface area contributed by atoms with Crippen molar-refractivity contribution in [2.75, 3.05) is 13.1 Å². The van der Waals surface area contributed by atoms with Crippen LogP contribution in [-0.2, 0) is 19.4 Å². The van der Waals surface area contributed by atoms with E-state index >= 15 is 0 Å². The summed E-state index contributed by atoms with van der Waals surface area (Å²) in [5, 5.41) is 28.6. The van der Waals surface area contributed by atoms with E-state index < -0.39 is 0 Å². The first-order chi connectivity index (χ1) is 26.4. The summed E-state index contributed by atoms with van der Waals surface area (Å²) in [6.07, 6.45) is 3.13. The molecule has 3 heterocycles. The van der Waals surface area contributed by atoms with Crippen LogP contribution in [0, 0.1) is 13.8 Å². The molecule has 0 spiro atoms. The molecule has 0 bridgehead atoms. The molecule has 9 rings (SSSR count). The molecule has 0 radical (unpaired) electrons. The molecule has 2 N–H and O–H groups in total. The predicted molar refractivity (Wildman–Crippen MR) is 221 cm³/mol. The normalized spacial score (nSPS) is 11.8. The molecule has 9 aromatic rings. The molecular formula is C48H42N4O2. The molecule has 0 saturated heterocycles. The predicted octanol–water partition coefficient (Wildman–Crippen LogP) is 10.6. The average Bonchev–Trinajstić information content (AvgIpc) is 3.71. The fourth-order valence-electron chi connectivity index (χ4n) is 8.30. The van der Waals surface area contributed by atoms with Gasteiger partial charge < -0.3 is 19.3 Å². The van der Waals surface area contributed by atoms with E-state index in [9.17, 15) is 10.2 Å². The maximum absolute atomic E-state index is 12.0. The number of hydrogen-bond donors (Lipinski definition) is 2. The third-order valence-corrected chi connectivity index (χ3v) is 10.8. The summed E-state index contributed by atoms with van der Waals surface area (Å²) in [6.45, 7) is 6.25. The van der Waals surface area contributed by atoms with Crippen molar-refractivity contribution < 1.29 is 10.2 Å². The Bertz CT molecular complexity index is 2540. The zero-order valence-electron chi connectivity index (χ0n) is 30.6. The second kappa shape index (κ2) is 13.9. The van der Waals surface area contributed by atoms with E-state index in [1.807, 2.05) is 18.3 Å². The average molecular weight is 707 g/mol. The van der Waals surface area contributed by atoms with Gasteiger partial charge in [-0.2, -0.15) is 0 Å². The second-order valence-corrected chi connectivity index (χ2v) is 14.4. The van der Waals surface area contributed by atoms with E-state index in [0.29, 0.717) is 44.0 Å². The van der Waals surface area contributed by atoms with E-state index in [-0.39, 0.29) is 0 Å². The number of benzene rings is 6. The quantitative estimate of drug-likeness (QED) is 0.149. The van der Waals surface area contributed by atoms with Crippen molar-refractivity contribution >= 4 is 43.6 Å². The van der Waals surface area contributed by atoms with E-state index in [0.717, 1.165) is 82.9 Å². The zero-order chi connectivity index (χ0) is 36.8. The third-order valence-electron chi connectivity index (χ3n) is 10.8. The van der Waals surface area contributed by atoms with Crippen LogP contribution >= 0.6 is 0 Å². The topological polar surface area (TPSA) is 66.4 Å². The Morgan fingerprint density at radius 1 is 0.500 bits per heavy atom. The van der Waals surface area contributed by atoms with Gasteiger partial charge in [0.15, 0.2) is 0 Å². The number of para-hydroxylation sites is 4. The lowest BCUT2D eigenvalue weighted by molar-refractivity contribution is 0.267. The molecule has 0 unspecified atom stereocenters. The van der Waals surface area contributed by atoms with Gasteiger partial charge in [-0.3, -0.25) is 9.88 Å². The standard InChI is InChI=1S/C48H42N4O2/c1-32-27-34(47(53)45(29-32)51-41-18-7-3-14-37(41)38-15-4-8-19-42(38)51)22-25-50(31-36-13-11-12-24-49-36)26-23-35-28-33(2)30-46(48(35)54)52-43-20-9-5-16-39(43)40-17-6-10-21-44(40)52/h3-21,24,27-30,53-54H,22-23,25-26,31H2,1-2H3. The lowest BCUT2D eigenvalue weighted by atomic mass is 10.0. The van der Waals surface area contributed by atoms with Crippen molar-refractivity contribution in [1.82, 2.24) is 19.0 Å². The molecule has 6 aromatic carbocycles. The Morgan fingerprint density at radius 3 is 1.28 bits per heavy atom. The molecule has 266 valence electrons.